The Balaban J connectivity index is 1.75. The summed E-state index contributed by atoms with van der Waals surface area (Å²) in [5, 5.41) is 1.07. The van der Waals surface area contributed by atoms with Gasteiger partial charge in [-0.05, 0) is 62.3 Å². The van der Waals surface area contributed by atoms with Crippen LogP contribution >= 0.6 is 0 Å². The molecule has 2 heterocycles. The van der Waals surface area contributed by atoms with Crippen LogP contribution in [0.15, 0.2) is 18.5 Å². The summed E-state index contributed by atoms with van der Waals surface area (Å²) in [7, 11) is -3.86. The van der Waals surface area contributed by atoms with Crippen molar-refractivity contribution in [3.63, 3.8) is 0 Å². The number of hydrogen-bond donors (Lipinski definition) is 1. The first kappa shape index (κ1) is 17.1. The molecule has 0 saturated carbocycles. The van der Waals surface area contributed by atoms with E-state index < -0.39 is 10.1 Å². The molecule has 1 N–H and O–H groups in total. The van der Waals surface area contributed by atoms with Gasteiger partial charge in [-0.3, -0.25) is 4.55 Å². The first-order valence-electron chi connectivity index (χ1n) is 8.25. The van der Waals surface area contributed by atoms with Crippen molar-refractivity contribution in [2.75, 3.05) is 23.7 Å². The summed E-state index contributed by atoms with van der Waals surface area (Å²) in [6.45, 7) is 5.86. The third kappa shape index (κ3) is 3.84. The van der Waals surface area contributed by atoms with Crippen LogP contribution in [0.5, 0.6) is 0 Å². The molecule has 7 heteroatoms. The Kier molecular flexibility index (Phi) is 4.73. The summed E-state index contributed by atoms with van der Waals surface area (Å²) in [6, 6.07) is 4.24. The van der Waals surface area contributed by atoms with Gasteiger partial charge in [0.15, 0.2) is 0 Å². The van der Waals surface area contributed by atoms with Gasteiger partial charge in [-0.1, -0.05) is 0 Å². The first-order chi connectivity index (χ1) is 11.3. The standard InChI is InChI=1S/C17H23N3O3S/c1-12-9-15-16(10-13(12)2)18-11-19-17(15)20-6-3-14(4-7-20)5-8-24(21,22)23/h9-11,14H,3-8H2,1-2H3,(H,21,22,23). The van der Waals surface area contributed by atoms with Crippen molar-refractivity contribution < 1.29 is 13.0 Å². The van der Waals surface area contributed by atoms with E-state index in [9.17, 15) is 8.42 Å². The van der Waals surface area contributed by atoms with E-state index in [0.29, 0.717) is 12.3 Å². The molecule has 1 aromatic heterocycles. The van der Waals surface area contributed by atoms with Crippen molar-refractivity contribution in [3.05, 3.63) is 29.6 Å². The van der Waals surface area contributed by atoms with E-state index in [4.69, 9.17) is 4.55 Å². The molecule has 0 unspecified atom stereocenters. The summed E-state index contributed by atoms with van der Waals surface area (Å²) in [5.41, 5.74) is 3.40. The highest BCUT2D eigenvalue weighted by molar-refractivity contribution is 7.85. The Hall–Kier alpha value is -1.73. The number of aromatic nitrogens is 2. The van der Waals surface area contributed by atoms with Crippen LogP contribution in [0.3, 0.4) is 0 Å². The topological polar surface area (TPSA) is 83.4 Å². The quantitative estimate of drug-likeness (QED) is 0.855. The number of piperidine rings is 1. The number of fused-ring (bicyclic) bond motifs is 1. The zero-order valence-electron chi connectivity index (χ0n) is 14.1. The summed E-state index contributed by atoms with van der Waals surface area (Å²) in [5.74, 6) is 1.14. The lowest BCUT2D eigenvalue weighted by molar-refractivity contribution is 0.388. The largest absolute Gasteiger partial charge is 0.356 e. The molecule has 0 spiro atoms. The molecule has 2 aromatic rings. The predicted molar refractivity (Wildman–Crippen MR) is 95.0 cm³/mol. The SMILES string of the molecule is Cc1cc2ncnc(N3CCC(CCS(=O)(=O)O)CC3)c2cc1C. The lowest BCUT2D eigenvalue weighted by Crippen LogP contribution is -2.35. The maximum atomic E-state index is 10.9. The zero-order valence-corrected chi connectivity index (χ0v) is 14.9. The fourth-order valence-electron chi connectivity index (χ4n) is 3.30. The van der Waals surface area contributed by atoms with Crippen LogP contribution in [-0.4, -0.2) is 41.8 Å². The minimum absolute atomic E-state index is 0.146. The number of benzene rings is 1. The van der Waals surface area contributed by atoms with Gasteiger partial charge in [-0.2, -0.15) is 8.42 Å². The van der Waals surface area contributed by atoms with Crippen molar-refractivity contribution in [1.82, 2.24) is 9.97 Å². The molecule has 0 aliphatic carbocycles. The molecule has 1 aromatic carbocycles. The second kappa shape index (κ2) is 6.64. The molecule has 1 saturated heterocycles. The van der Waals surface area contributed by atoms with Gasteiger partial charge in [0.05, 0.1) is 11.3 Å². The molecule has 130 valence electrons. The molecule has 1 fully saturated rings. The van der Waals surface area contributed by atoms with E-state index >= 15 is 0 Å². The van der Waals surface area contributed by atoms with Crippen LogP contribution < -0.4 is 4.90 Å². The molecule has 0 amide bonds. The van der Waals surface area contributed by atoms with Crippen LogP contribution in [0, 0.1) is 19.8 Å². The second-order valence-corrected chi connectivity index (χ2v) is 8.23. The molecule has 0 bridgehead atoms. The highest BCUT2D eigenvalue weighted by atomic mass is 32.2. The van der Waals surface area contributed by atoms with Gasteiger partial charge in [0.1, 0.15) is 12.1 Å². The van der Waals surface area contributed by atoms with Crippen molar-refractivity contribution in [2.45, 2.75) is 33.1 Å². The summed E-state index contributed by atoms with van der Waals surface area (Å²) >= 11 is 0. The summed E-state index contributed by atoms with van der Waals surface area (Å²) in [4.78, 5) is 11.1. The Morgan fingerprint density at radius 3 is 2.50 bits per heavy atom. The molecule has 0 radical (unpaired) electrons. The van der Waals surface area contributed by atoms with Crippen LogP contribution in [-0.2, 0) is 10.1 Å². The van der Waals surface area contributed by atoms with Gasteiger partial charge in [-0.25, -0.2) is 9.97 Å². The fraction of sp³-hybridized carbons (Fsp3) is 0.529. The predicted octanol–water partition coefficient (Wildman–Crippen LogP) is 2.74. The number of hydrogen-bond acceptors (Lipinski definition) is 5. The third-order valence-corrected chi connectivity index (χ3v) is 5.68. The van der Waals surface area contributed by atoms with Gasteiger partial charge < -0.3 is 4.90 Å². The summed E-state index contributed by atoms with van der Waals surface area (Å²) < 4.78 is 30.7. The third-order valence-electron chi connectivity index (χ3n) is 4.93. The van der Waals surface area contributed by atoms with Gasteiger partial charge in [0.2, 0.25) is 0 Å². The van der Waals surface area contributed by atoms with E-state index in [2.05, 4.69) is 40.8 Å². The van der Waals surface area contributed by atoms with Crippen LogP contribution in [0.4, 0.5) is 5.82 Å². The van der Waals surface area contributed by atoms with Gasteiger partial charge >= 0.3 is 0 Å². The number of anilines is 1. The molecule has 1 aliphatic rings. The Morgan fingerprint density at radius 2 is 1.83 bits per heavy atom. The Morgan fingerprint density at radius 1 is 1.17 bits per heavy atom. The number of rotatable bonds is 4. The lowest BCUT2D eigenvalue weighted by Gasteiger charge is -2.33. The van der Waals surface area contributed by atoms with Gasteiger partial charge in [0, 0.05) is 18.5 Å². The van der Waals surface area contributed by atoms with Crippen LogP contribution in [0.25, 0.3) is 10.9 Å². The Labute approximate surface area is 142 Å². The van der Waals surface area contributed by atoms with E-state index in [1.807, 2.05) is 0 Å². The van der Waals surface area contributed by atoms with Crippen molar-refractivity contribution in [3.8, 4) is 0 Å². The fourth-order valence-corrected chi connectivity index (χ4v) is 3.93. The molecule has 0 atom stereocenters. The molecule has 6 nitrogen and oxygen atoms in total. The van der Waals surface area contributed by atoms with E-state index in [1.165, 1.54) is 11.1 Å². The van der Waals surface area contributed by atoms with Crippen molar-refractivity contribution >= 4 is 26.8 Å². The average Bonchev–Trinajstić information content (AvgIpc) is 2.53. The van der Waals surface area contributed by atoms with Gasteiger partial charge in [-0.15, -0.1) is 0 Å². The van der Waals surface area contributed by atoms with E-state index in [0.717, 1.165) is 42.7 Å². The smallest absolute Gasteiger partial charge is 0.264 e. The van der Waals surface area contributed by atoms with Crippen LogP contribution in [0.1, 0.15) is 30.4 Å². The molecular weight excluding hydrogens is 326 g/mol. The highest BCUT2D eigenvalue weighted by Crippen LogP contribution is 2.30. The van der Waals surface area contributed by atoms with E-state index in [1.54, 1.807) is 6.33 Å². The van der Waals surface area contributed by atoms with E-state index in [-0.39, 0.29) is 5.75 Å². The number of nitrogens with zero attached hydrogens (tertiary/aromatic N) is 3. The number of aryl methyl sites for hydroxylation is 2. The summed E-state index contributed by atoms with van der Waals surface area (Å²) in [6.07, 6.45) is 3.95. The second-order valence-electron chi connectivity index (χ2n) is 6.66. The molecule has 24 heavy (non-hydrogen) atoms. The molecule has 1 aliphatic heterocycles. The molecular formula is C17H23N3O3S. The maximum Gasteiger partial charge on any atom is 0.264 e. The Bertz CT molecular complexity index is 844. The average molecular weight is 349 g/mol. The van der Waals surface area contributed by atoms with Gasteiger partial charge in [0.25, 0.3) is 10.1 Å². The molecule has 3 rings (SSSR count). The van der Waals surface area contributed by atoms with Crippen LogP contribution in [0.2, 0.25) is 0 Å². The zero-order chi connectivity index (χ0) is 17.3. The normalized spacial score (nSPS) is 16.7. The minimum Gasteiger partial charge on any atom is -0.356 e. The lowest BCUT2D eigenvalue weighted by atomic mass is 9.94. The minimum atomic E-state index is -3.86. The van der Waals surface area contributed by atoms with Crippen molar-refractivity contribution in [2.24, 2.45) is 5.92 Å². The highest BCUT2D eigenvalue weighted by Gasteiger charge is 2.23. The monoisotopic (exact) mass is 349 g/mol. The maximum absolute atomic E-state index is 10.9. The van der Waals surface area contributed by atoms with Crippen molar-refractivity contribution in [1.29, 1.82) is 0 Å². The first-order valence-corrected chi connectivity index (χ1v) is 9.86.